The first-order valence-corrected chi connectivity index (χ1v) is 7.91. The maximum Gasteiger partial charge on any atom is 0.451 e. The van der Waals surface area contributed by atoms with E-state index in [-0.39, 0.29) is 23.1 Å². The van der Waals surface area contributed by atoms with Gasteiger partial charge in [-0.2, -0.15) is 13.2 Å². The third kappa shape index (κ3) is 4.17. The van der Waals surface area contributed by atoms with Gasteiger partial charge in [0.2, 0.25) is 5.82 Å². The SMILES string of the molecule is NNc1cc(NC2CCCS(=O)(=O)C2)nc(C(F)(F)F)n1. The molecular weight excluding hydrogens is 311 g/mol. The molecule has 7 nitrogen and oxygen atoms in total. The Kier molecular flexibility index (Phi) is 4.23. The Labute approximate surface area is 119 Å². The highest BCUT2D eigenvalue weighted by Crippen LogP contribution is 2.28. The standard InChI is InChI=1S/C10H14F3N5O2S/c11-10(12,13)9-16-7(4-8(17-9)18-14)15-6-2-1-3-21(19,20)5-6/h4,6H,1-3,5,14H2,(H2,15,16,17,18). The second-order valence-electron chi connectivity index (χ2n) is 4.70. The predicted molar refractivity (Wildman–Crippen MR) is 70.1 cm³/mol. The van der Waals surface area contributed by atoms with E-state index in [1.807, 2.05) is 5.43 Å². The van der Waals surface area contributed by atoms with Gasteiger partial charge < -0.3 is 10.7 Å². The lowest BCUT2D eigenvalue weighted by Crippen LogP contribution is -2.35. The fourth-order valence-corrected chi connectivity index (χ4v) is 3.70. The van der Waals surface area contributed by atoms with Crippen LogP contribution >= 0.6 is 0 Å². The first kappa shape index (κ1) is 15.8. The number of hydrogen-bond donors (Lipinski definition) is 3. The van der Waals surface area contributed by atoms with Gasteiger partial charge in [0, 0.05) is 12.1 Å². The van der Waals surface area contributed by atoms with Crippen LogP contribution in [0, 0.1) is 0 Å². The fourth-order valence-electron chi connectivity index (χ4n) is 2.07. The van der Waals surface area contributed by atoms with Crippen molar-refractivity contribution in [2.24, 2.45) is 5.84 Å². The quantitative estimate of drug-likeness (QED) is 0.556. The fraction of sp³-hybridized carbons (Fsp3) is 0.600. The Morgan fingerprint density at radius 1 is 1.29 bits per heavy atom. The summed E-state index contributed by atoms with van der Waals surface area (Å²) in [5, 5.41) is 2.70. The molecule has 1 fully saturated rings. The van der Waals surface area contributed by atoms with Gasteiger partial charge in [-0.1, -0.05) is 0 Å². The molecule has 1 aliphatic rings. The van der Waals surface area contributed by atoms with Crippen LogP contribution in [0.5, 0.6) is 0 Å². The van der Waals surface area contributed by atoms with Crippen LogP contribution in [0.2, 0.25) is 0 Å². The molecule has 1 aliphatic heterocycles. The van der Waals surface area contributed by atoms with Crippen LogP contribution in [0.3, 0.4) is 0 Å². The molecular formula is C10H14F3N5O2S. The van der Waals surface area contributed by atoms with Gasteiger partial charge >= 0.3 is 6.18 Å². The highest BCUT2D eigenvalue weighted by molar-refractivity contribution is 7.91. The maximum atomic E-state index is 12.7. The van der Waals surface area contributed by atoms with Crippen LogP contribution in [0.4, 0.5) is 24.8 Å². The topological polar surface area (TPSA) is 110 Å². The largest absolute Gasteiger partial charge is 0.451 e. The Morgan fingerprint density at radius 2 is 1.95 bits per heavy atom. The van der Waals surface area contributed by atoms with E-state index < -0.39 is 27.9 Å². The molecule has 4 N–H and O–H groups in total. The van der Waals surface area contributed by atoms with Crippen molar-refractivity contribution in [2.45, 2.75) is 25.1 Å². The van der Waals surface area contributed by atoms with E-state index in [0.29, 0.717) is 12.8 Å². The monoisotopic (exact) mass is 325 g/mol. The lowest BCUT2D eigenvalue weighted by Gasteiger charge is -2.23. The van der Waals surface area contributed by atoms with E-state index in [0.717, 1.165) is 0 Å². The summed E-state index contributed by atoms with van der Waals surface area (Å²) in [7, 11) is -3.17. The molecule has 1 saturated heterocycles. The summed E-state index contributed by atoms with van der Waals surface area (Å²) in [5.74, 6) is 3.36. The summed E-state index contributed by atoms with van der Waals surface area (Å²) in [6, 6.07) is 0.710. The number of nitrogens with one attached hydrogen (secondary N) is 2. The number of halogens is 3. The first-order valence-electron chi connectivity index (χ1n) is 6.09. The van der Waals surface area contributed by atoms with Gasteiger partial charge in [-0.05, 0) is 12.8 Å². The third-order valence-corrected chi connectivity index (χ3v) is 4.76. The zero-order valence-electron chi connectivity index (χ0n) is 10.8. The first-order chi connectivity index (χ1) is 9.69. The summed E-state index contributed by atoms with van der Waals surface area (Å²) < 4.78 is 61.0. The number of anilines is 2. The van der Waals surface area contributed by atoms with Crippen molar-refractivity contribution in [1.29, 1.82) is 0 Å². The summed E-state index contributed by atoms with van der Waals surface area (Å²) in [6.45, 7) is 0. The molecule has 0 amide bonds. The van der Waals surface area contributed by atoms with Gasteiger partial charge in [-0.25, -0.2) is 24.2 Å². The number of hydrazine groups is 1. The van der Waals surface area contributed by atoms with Crippen LogP contribution in [0.25, 0.3) is 0 Å². The van der Waals surface area contributed by atoms with Crippen molar-refractivity contribution in [3.05, 3.63) is 11.9 Å². The van der Waals surface area contributed by atoms with Crippen LogP contribution in [0.1, 0.15) is 18.7 Å². The Morgan fingerprint density at radius 3 is 2.52 bits per heavy atom. The lowest BCUT2D eigenvalue weighted by molar-refractivity contribution is -0.144. The number of sulfone groups is 1. The minimum Gasteiger partial charge on any atom is -0.366 e. The smallest absolute Gasteiger partial charge is 0.366 e. The molecule has 2 rings (SSSR count). The van der Waals surface area contributed by atoms with Crippen LogP contribution < -0.4 is 16.6 Å². The summed E-state index contributed by atoms with van der Waals surface area (Å²) in [4.78, 5) is 6.57. The van der Waals surface area contributed by atoms with E-state index >= 15 is 0 Å². The van der Waals surface area contributed by atoms with E-state index in [9.17, 15) is 21.6 Å². The second kappa shape index (κ2) is 5.64. The lowest BCUT2D eigenvalue weighted by atomic mass is 10.2. The Bertz CT molecular complexity index is 620. The minimum atomic E-state index is -4.72. The Balaban J connectivity index is 2.23. The van der Waals surface area contributed by atoms with Gasteiger partial charge in [-0.3, -0.25) is 0 Å². The van der Waals surface area contributed by atoms with Crippen LogP contribution in [-0.4, -0.2) is 35.9 Å². The minimum absolute atomic E-state index is 0.0956. The molecule has 2 heterocycles. The highest BCUT2D eigenvalue weighted by Gasteiger charge is 2.36. The average Bonchev–Trinajstić information content (AvgIpc) is 2.36. The van der Waals surface area contributed by atoms with E-state index in [1.54, 1.807) is 0 Å². The molecule has 0 aliphatic carbocycles. The molecule has 0 saturated carbocycles. The Hall–Kier alpha value is -1.62. The van der Waals surface area contributed by atoms with E-state index in [2.05, 4.69) is 15.3 Å². The van der Waals surface area contributed by atoms with Gasteiger partial charge in [0.1, 0.15) is 11.6 Å². The number of aromatic nitrogens is 2. The number of hydrogen-bond acceptors (Lipinski definition) is 7. The summed E-state index contributed by atoms with van der Waals surface area (Å²) >= 11 is 0. The number of alkyl halides is 3. The van der Waals surface area contributed by atoms with Crippen molar-refractivity contribution in [3.8, 4) is 0 Å². The molecule has 118 valence electrons. The normalized spacial score (nSPS) is 21.8. The second-order valence-corrected chi connectivity index (χ2v) is 6.93. The summed E-state index contributed by atoms with van der Waals surface area (Å²) in [6.07, 6.45) is -3.73. The zero-order chi connectivity index (χ0) is 15.7. The van der Waals surface area contributed by atoms with Gasteiger partial charge in [0.25, 0.3) is 0 Å². The molecule has 0 radical (unpaired) electrons. The van der Waals surface area contributed by atoms with Gasteiger partial charge in [0.05, 0.1) is 11.5 Å². The van der Waals surface area contributed by atoms with E-state index in [4.69, 9.17) is 5.84 Å². The predicted octanol–water partition coefficient (Wildman–Crippen LogP) is 0.770. The van der Waals surface area contributed by atoms with Crippen LogP contribution in [-0.2, 0) is 16.0 Å². The van der Waals surface area contributed by atoms with Crippen LogP contribution in [0.15, 0.2) is 6.07 Å². The average molecular weight is 325 g/mol. The van der Waals surface area contributed by atoms with Gasteiger partial charge in [-0.15, -0.1) is 0 Å². The number of nitrogens with two attached hydrogens (primary N) is 1. The number of nitrogen functional groups attached to an aromatic ring is 1. The molecule has 1 atom stereocenters. The molecule has 1 aromatic heterocycles. The third-order valence-electron chi connectivity index (χ3n) is 2.94. The van der Waals surface area contributed by atoms with Crippen molar-refractivity contribution in [3.63, 3.8) is 0 Å². The number of rotatable bonds is 3. The maximum absolute atomic E-state index is 12.7. The molecule has 11 heteroatoms. The van der Waals surface area contributed by atoms with Crippen molar-refractivity contribution >= 4 is 21.5 Å². The molecule has 0 aromatic carbocycles. The molecule has 1 unspecified atom stereocenters. The molecule has 1 aromatic rings. The van der Waals surface area contributed by atoms with Crippen molar-refractivity contribution in [2.75, 3.05) is 22.2 Å². The van der Waals surface area contributed by atoms with Crippen molar-refractivity contribution in [1.82, 2.24) is 9.97 Å². The molecule has 21 heavy (non-hydrogen) atoms. The zero-order valence-corrected chi connectivity index (χ0v) is 11.6. The van der Waals surface area contributed by atoms with Gasteiger partial charge in [0.15, 0.2) is 9.84 Å². The molecule has 0 bridgehead atoms. The molecule has 0 spiro atoms. The number of nitrogens with zero attached hydrogens (tertiary/aromatic N) is 2. The van der Waals surface area contributed by atoms with Crippen molar-refractivity contribution < 1.29 is 21.6 Å². The summed E-state index contributed by atoms with van der Waals surface area (Å²) in [5.41, 5.74) is 2.02. The highest BCUT2D eigenvalue weighted by atomic mass is 32.2. The van der Waals surface area contributed by atoms with E-state index in [1.165, 1.54) is 6.07 Å².